The molecule has 2 amide bonds. The number of benzene rings is 2. The molecule has 0 unspecified atom stereocenters. The summed E-state index contributed by atoms with van der Waals surface area (Å²) in [5.74, 6) is 0.449. The van der Waals surface area contributed by atoms with Crippen LogP contribution in [0.2, 0.25) is 0 Å². The van der Waals surface area contributed by atoms with Gasteiger partial charge in [-0.25, -0.2) is 4.98 Å². The zero-order valence-electron chi connectivity index (χ0n) is 41.1. The maximum Gasteiger partial charge on any atom is 0.254 e. The van der Waals surface area contributed by atoms with E-state index in [1.807, 2.05) is 75.7 Å². The van der Waals surface area contributed by atoms with E-state index >= 15 is 0 Å². The number of phenols is 1. The number of ether oxygens (including phenoxy) is 3. The molecule has 1 saturated carbocycles. The predicted octanol–water partition coefficient (Wildman–Crippen LogP) is 8.49. The lowest BCUT2D eigenvalue weighted by Gasteiger charge is -2.46. The molecule has 8 rings (SSSR count). The van der Waals surface area contributed by atoms with Crippen LogP contribution in [0, 0.1) is 24.2 Å². The molecule has 1 spiro atoms. The summed E-state index contributed by atoms with van der Waals surface area (Å²) in [6.07, 6.45) is 10.2. The normalized spacial score (nSPS) is 19.2. The lowest BCUT2D eigenvalue weighted by atomic mass is 9.65. The van der Waals surface area contributed by atoms with Gasteiger partial charge in [-0.05, 0) is 111 Å². The number of carbonyl (C=O) groups excluding carboxylic acids is 2. The first-order chi connectivity index (χ1) is 33.9. The molecule has 2 saturated heterocycles. The molecule has 5 heterocycles. The van der Waals surface area contributed by atoms with Gasteiger partial charge in [0.2, 0.25) is 11.8 Å². The fraction of sp³-hybridized carbons (Fsp3) is 0.547. The summed E-state index contributed by atoms with van der Waals surface area (Å²) in [7, 11) is 0. The summed E-state index contributed by atoms with van der Waals surface area (Å²) < 4.78 is 23.1. The van der Waals surface area contributed by atoms with E-state index in [0.717, 1.165) is 72.1 Å². The molecule has 3 fully saturated rings. The van der Waals surface area contributed by atoms with Crippen molar-refractivity contribution in [3.63, 3.8) is 0 Å². The van der Waals surface area contributed by atoms with E-state index in [1.54, 1.807) is 29.5 Å². The molecule has 16 nitrogen and oxygen atoms in total. The number of aliphatic hydroxyl groups excluding tert-OH is 1. The zero-order chi connectivity index (χ0) is 49.2. The summed E-state index contributed by atoms with van der Waals surface area (Å²) in [5.41, 5.74) is 13.7. The third kappa shape index (κ3) is 12.5. The number of nitrogens with two attached hydrogens (primary N) is 1. The van der Waals surface area contributed by atoms with Gasteiger partial charge in [-0.2, -0.15) is 0 Å². The first kappa shape index (κ1) is 50.8. The van der Waals surface area contributed by atoms with Gasteiger partial charge in [0, 0.05) is 44.3 Å². The Bertz CT molecular complexity index is 2480. The highest BCUT2D eigenvalue weighted by molar-refractivity contribution is 7.13. The Morgan fingerprint density at radius 3 is 2.39 bits per heavy atom. The number of rotatable bonds is 21. The second kappa shape index (κ2) is 23.5. The molecule has 5 aromatic rings. The van der Waals surface area contributed by atoms with E-state index in [9.17, 15) is 19.8 Å². The van der Waals surface area contributed by atoms with Crippen LogP contribution in [0.3, 0.4) is 0 Å². The molecular formula is C53H70N8O8S. The SMILES string of the molecule is Cc1ncsc1-c1ccc([C@H](C)NC(=O)[C@@H]2C[C@@H](O)CN2C(=O)[C@H](c2cc(OCCOCCOCCCCC3CCC4(CC3)CCN(c3cc(-c5ccccc5O)nnc3N)CC4)no2)C(C)C)cc1. The average Bonchev–Trinajstić information content (AvgIpc) is 4.12. The van der Waals surface area contributed by atoms with Crippen molar-refractivity contribution in [2.75, 3.05) is 63.3 Å². The molecule has 0 bridgehead atoms. The predicted molar refractivity (Wildman–Crippen MR) is 269 cm³/mol. The van der Waals surface area contributed by atoms with Gasteiger partial charge in [0.15, 0.2) is 11.6 Å². The molecule has 70 heavy (non-hydrogen) atoms. The van der Waals surface area contributed by atoms with Crippen LogP contribution in [0.25, 0.3) is 21.7 Å². The van der Waals surface area contributed by atoms with Gasteiger partial charge < -0.3 is 49.8 Å². The van der Waals surface area contributed by atoms with Crippen LogP contribution >= 0.6 is 11.3 Å². The van der Waals surface area contributed by atoms with Gasteiger partial charge in [0.05, 0.1) is 59.4 Å². The van der Waals surface area contributed by atoms with Crippen molar-refractivity contribution in [1.82, 2.24) is 30.6 Å². The smallest absolute Gasteiger partial charge is 0.254 e. The van der Waals surface area contributed by atoms with Crippen molar-refractivity contribution >= 4 is 34.7 Å². The summed E-state index contributed by atoms with van der Waals surface area (Å²) in [5, 5.41) is 36.6. The van der Waals surface area contributed by atoms with Crippen LogP contribution in [0.15, 0.2) is 70.7 Å². The molecule has 2 aromatic carbocycles. The van der Waals surface area contributed by atoms with Crippen LogP contribution < -0.4 is 20.7 Å². The van der Waals surface area contributed by atoms with Gasteiger partial charge in [-0.15, -0.1) is 21.5 Å². The number of aromatic hydroxyl groups is 1. The Kier molecular flexibility index (Phi) is 17.1. The van der Waals surface area contributed by atoms with Crippen LogP contribution in [0.5, 0.6) is 11.6 Å². The number of amides is 2. The van der Waals surface area contributed by atoms with Gasteiger partial charge >= 0.3 is 0 Å². The lowest BCUT2D eigenvalue weighted by molar-refractivity contribution is -0.141. The highest BCUT2D eigenvalue weighted by atomic mass is 32.1. The molecule has 376 valence electrons. The fourth-order valence-electron chi connectivity index (χ4n) is 10.5. The number of thiazole rings is 1. The Hall–Kier alpha value is -5.62. The number of nitrogens with one attached hydrogen (secondary N) is 1. The summed E-state index contributed by atoms with van der Waals surface area (Å²) in [6, 6.07) is 17.7. The first-order valence-corrected chi connectivity index (χ1v) is 26.0. The van der Waals surface area contributed by atoms with E-state index in [4.69, 9.17) is 24.5 Å². The number of unbranched alkanes of at least 4 members (excludes halogenated alkanes) is 1. The quantitative estimate of drug-likeness (QED) is 0.0508. The minimum atomic E-state index is -0.829. The Balaban J connectivity index is 0.682. The van der Waals surface area contributed by atoms with E-state index < -0.39 is 18.1 Å². The number of para-hydroxylation sites is 1. The fourth-order valence-corrected chi connectivity index (χ4v) is 11.3. The first-order valence-electron chi connectivity index (χ1n) is 25.1. The number of carbonyl (C=O) groups is 2. The number of likely N-dealkylation sites (tertiary alicyclic amines) is 1. The van der Waals surface area contributed by atoms with Gasteiger partial charge in [0.25, 0.3) is 5.88 Å². The monoisotopic (exact) mass is 979 g/mol. The number of phenolic OH excluding ortho intramolecular Hbond substituents is 1. The molecule has 5 N–H and O–H groups in total. The van der Waals surface area contributed by atoms with Crippen molar-refractivity contribution in [1.29, 1.82) is 0 Å². The number of aryl methyl sites for hydroxylation is 1. The zero-order valence-corrected chi connectivity index (χ0v) is 41.9. The van der Waals surface area contributed by atoms with Crippen molar-refractivity contribution in [3.05, 3.63) is 83.2 Å². The van der Waals surface area contributed by atoms with Gasteiger partial charge in [-0.1, -0.05) is 63.1 Å². The highest BCUT2D eigenvalue weighted by Gasteiger charge is 2.44. The largest absolute Gasteiger partial charge is 0.507 e. The van der Waals surface area contributed by atoms with Crippen LogP contribution in [-0.4, -0.2) is 112 Å². The molecule has 3 aromatic heterocycles. The Labute approximate surface area is 415 Å². The third-order valence-electron chi connectivity index (χ3n) is 14.7. The van der Waals surface area contributed by atoms with Gasteiger partial charge in [-0.3, -0.25) is 9.59 Å². The number of nitrogens with zero attached hydrogens (tertiary/aromatic N) is 6. The van der Waals surface area contributed by atoms with Crippen molar-refractivity contribution in [2.45, 2.75) is 116 Å². The minimum Gasteiger partial charge on any atom is -0.507 e. The number of β-amino-alcohol motifs (C(OH)–C–C–N with tert-alkyl or cyclic N) is 1. The van der Waals surface area contributed by atoms with Crippen LogP contribution in [0.1, 0.15) is 114 Å². The number of hydrogen-bond donors (Lipinski definition) is 4. The third-order valence-corrected chi connectivity index (χ3v) is 15.7. The van der Waals surface area contributed by atoms with Crippen LogP contribution in [-0.2, 0) is 19.1 Å². The van der Waals surface area contributed by atoms with Crippen molar-refractivity contribution in [3.8, 4) is 33.3 Å². The highest BCUT2D eigenvalue weighted by Crippen LogP contribution is 2.48. The van der Waals surface area contributed by atoms with E-state index in [1.165, 1.54) is 37.0 Å². The molecule has 4 atom stereocenters. The van der Waals surface area contributed by atoms with Crippen molar-refractivity contribution < 1.29 is 38.5 Å². The molecule has 1 aliphatic carbocycles. The van der Waals surface area contributed by atoms with Gasteiger partial charge in [0.1, 0.15) is 24.3 Å². The minimum absolute atomic E-state index is 0.0502. The maximum atomic E-state index is 14.1. The number of hydrogen-bond acceptors (Lipinski definition) is 15. The summed E-state index contributed by atoms with van der Waals surface area (Å²) in [6.45, 7) is 11.9. The lowest BCUT2D eigenvalue weighted by Crippen LogP contribution is -2.48. The Morgan fingerprint density at radius 2 is 1.67 bits per heavy atom. The van der Waals surface area contributed by atoms with Crippen LogP contribution in [0.4, 0.5) is 11.5 Å². The van der Waals surface area contributed by atoms with E-state index in [-0.39, 0.29) is 55.0 Å². The molecule has 3 aliphatic rings. The van der Waals surface area contributed by atoms with E-state index in [0.29, 0.717) is 54.7 Å². The number of piperidine rings is 1. The molecular weight excluding hydrogens is 909 g/mol. The standard InChI is InChI=1S/C53H70N8O8S/c1-34(2)48(52(65)61-32-40(62)29-44(61)51(64)56-35(3)38-12-14-39(15-13-38)49-36(4)55-33-70-49)46-31-47(59-69-46)68-28-27-67-26-25-66-24-8-7-9-37-16-18-53(19-17-37)20-22-60(23-21-53)43-30-42(57-58-50(43)54)41-10-5-6-11-45(41)63/h5-6,10-15,30-31,33-35,37,40,44,48,62-63H,7-9,16-29,32H2,1-4H3,(H2,54,58)(H,56,64)/t35-,40+,44-,48-/m0/s1. The molecule has 17 heteroatoms. The van der Waals surface area contributed by atoms with Crippen molar-refractivity contribution in [2.24, 2.45) is 17.3 Å². The average molecular weight is 979 g/mol. The summed E-state index contributed by atoms with van der Waals surface area (Å²) in [4.78, 5) is 37.0. The number of nitrogen functional groups attached to an aromatic ring is 1. The second-order valence-electron chi connectivity index (χ2n) is 19.8. The number of anilines is 2. The molecule has 2 aliphatic heterocycles. The Morgan fingerprint density at radius 1 is 0.943 bits per heavy atom. The number of aromatic nitrogens is 4. The second-order valence-corrected chi connectivity index (χ2v) is 20.7. The number of aliphatic hydroxyl groups is 1. The topological polar surface area (TPSA) is 212 Å². The molecule has 0 radical (unpaired) electrons. The maximum absolute atomic E-state index is 14.1. The van der Waals surface area contributed by atoms with E-state index in [2.05, 4.69) is 30.6 Å². The summed E-state index contributed by atoms with van der Waals surface area (Å²) >= 11 is 1.59.